The van der Waals surface area contributed by atoms with Gasteiger partial charge >= 0.3 is 15.6 Å². The highest BCUT2D eigenvalue weighted by molar-refractivity contribution is 7.47. The van der Waals surface area contributed by atoms with Crippen LogP contribution in [0.3, 0.4) is 0 Å². The Morgan fingerprint density at radius 1 is 0.667 bits per heavy atom. The molecule has 6 radical (unpaired) electrons. The summed E-state index contributed by atoms with van der Waals surface area (Å²) in [6.45, 7) is -5.13. The Balaban J connectivity index is 1.67. The van der Waals surface area contributed by atoms with Gasteiger partial charge in [0.15, 0.2) is 0 Å². The average molecular weight is 598 g/mol. The monoisotopic (exact) mass is 598 g/mol. The molecule has 21 heteroatoms. The van der Waals surface area contributed by atoms with Crippen molar-refractivity contribution < 1.29 is 76.8 Å². The summed E-state index contributed by atoms with van der Waals surface area (Å²) in [5.74, 6) is 0. The lowest BCUT2D eigenvalue weighted by molar-refractivity contribution is -0.137. The molecule has 0 aromatic carbocycles. The van der Waals surface area contributed by atoms with Crippen LogP contribution < -0.4 is 0 Å². The number of rotatable bonds is 14. The Morgan fingerprint density at radius 2 is 1.03 bits per heavy atom. The standard InChI is InChI=1S/C18H31B3O16P2/c19-13-1-10(26)17(6-24,34-13)8-31-38(27,28)37-12-3-15(21)35-18(12,7-25)9-32-39(29,30)36-11-2-14(20)33-16(11,4-22)5-23/h10-15,22-26H,1-9H2,(H,27,28)(H,29,30)/t10-,11-,12-,13-,14-,15-,17-,18-/m1/s1. The molecule has 0 aromatic rings. The second-order valence-corrected chi connectivity index (χ2v) is 12.5. The van der Waals surface area contributed by atoms with E-state index in [1.807, 2.05) is 0 Å². The van der Waals surface area contributed by atoms with Crippen molar-refractivity contribution in [1.82, 2.24) is 0 Å². The molecule has 39 heavy (non-hydrogen) atoms. The Bertz CT molecular complexity index is 931. The van der Waals surface area contributed by atoms with Gasteiger partial charge in [0.2, 0.25) is 0 Å². The number of hydrogen-bond acceptors (Lipinski definition) is 14. The third-order valence-corrected chi connectivity index (χ3v) is 8.78. The van der Waals surface area contributed by atoms with Gasteiger partial charge in [0, 0.05) is 18.0 Å². The molecule has 218 valence electrons. The van der Waals surface area contributed by atoms with Crippen LogP contribution in [0.4, 0.5) is 0 Å². The molecule has 16 nitrogen and oxygen atoms in total. The van der Waals surface area contributed by atoms with Crippen LogP contribution in [0.2, 0.25) is 0 Å². The zero-order valence-corrected chi connectivity index (χ0v) is 22.5. The first-order chi connectivity index (χ1) is 18.1. The number of aliphatic hydroxyl groups is 5. The first-order valence-electron chi connectivity index (χ1n) is 11.8. The third-order valence-electron chi connectivity index (χ3n) is 6.82. The van der Waals surface area contributed by atoms with Gasteiger partial charge in [-0.2, -0.15) is 0 Å². The maximum Gasteiger partial charge on any atom is 0.472 e. The number of aliphatic hydroxyl groups excluding tert-OH is 5. The van der Waals surface area contributed by atoms with Gasteiger partial charge < -0.3 is 49.5 Å². The molecule has 3 fully saturated rings. The molecule has 2 unspecified atom stereocenters. The van der Waals surface area contributed by atoms with Crippen molar-refractivity contribution in [2.75, 3.05) is 39.6 Å². The molecule has 10 atom stereocenters. The molecule has 0 saturated carbocycles. The van der Waals surface area contributed by atoms with Gasteiger partial charge in [-0.1, -0.05) is 0 Å². The van der Waals surface area contributed by atoms with Gasteiger partial charge in [-0.05, 0) is 19.3 Å². The predicted molar refractivity (Wildman–Crippen MR) is 130 cm³/mol. The fraction of sp³-hybridized carbons (Fsp3) is 1.00. The predicted octanol–water partition coefficient (Wildman–Crippen LogP) is -3.72. The van der Waals surface area contributed by atoms with Crippen LogP contribution in [-0.4, -0.2) is 152 Å². The highest BCUT2D eigenvalue weighted by atomic mass is 31.2. The summed E-state index contributed by atoms with van der Waals surface area (Å²) in [4.78, 5) is 20.6. The summed E-state index contributed by atoms with van der Waals surface area (Å²) in [6.07, 6.45) is -4.78. The molecule has 0 aliphatic carbocycles. The lowest BCUT2D eigenvalue weighted by Crippen LogP contribution is -2.49. The lowest BCUT2D eigenvalue weighted by Gasteiger charge is -2.35. The van der Waals surface area contributed by atoms with Gasteiger partial charge in [-0.15, -0.1) is 0 Å². The number of ether oxygens (including phenoxy) is 3. The second-order valence-electron chi connectivity index (χ2n) is 9.69. The minimum absolute atomic E-state index is 0.0727. The molecule has 0 spiro atoms. The van der Waals surface area contributed by atoms with Crippen LogP contribution in [0.1, 0.15) is 19.3 Å². The molecule has 0 aromatic heterocycles. The van der Waals surface area contributed by atoms with Gasteiger partial charge in [-0.25, -0.2) is 9.13 Å². The van der Waals surface area contributed by atoms with Crippen LogP contribution in [0.15, 0.2) is 0 Å². The van der Waals surface area contributed by atoms with Crippen LogP contribution in [0.5, 0.6) is 0 Å². The maximum absolute atomic E-state index is 12.7. The second kappa shape index (κ2) is 12.8. The van der Waals surface area contributed by atoms with E-state index in [2.05, 4.69) is 0 Å². The smallest absolute Gasteiger partial charge is 0.393 e. The van der Waals surface area contributed by atoms with Crippen molar-refractivity contribution in [3.05, 3.63) is 0 Å². The van der Waals surface area contributed by atoms with E-state index in [0.29, 0.717) is 0 Å². The first kappa shape index (κ1) is 33.6. The lowest BCUT2D eigenvalue weighted by atomic mass is 9.93. The van der Waals surface area contributed by atoms with Gasteiger partial charge in [-0.3, -0.25) is 18.1 Å². The minimum Gasteiger partial charge on any atom is -0.393 e. The topological polar surface area (TPSA) is 240 Å². The van der Waals surface area contributed by atoms with E-state index >= 15 is 0 Å². The van der Waals surface area contributed by atoms with Crippen molar-refractivity contribution in [1.29, 1.82) is 0 Å². The average Bonchev–Trinajstić information content (AvgIpc) is 3.45. The van der Waals surface area contributed by atoms with Crippen LogP contribution in [0, 0.1) is 0 Å². The molecular formula is C18H31B3O16P2. The van der Waals surface area contributed by atoms with Crippen LogP contribution in [0.25, 0.3) is 0 Å². The number of phosphoric ester groups is 2. The summed E-state index contributed by atoms with van der Waals surface area (Å²) < 4.78 is 61.5. The van der Waals surface area contributed by atoms with Crippen molar-refractivity contribution in [2.24, 2.45) is 0 Å². The fourth-order valence-corrected chi connectivity index (χ4v) is 6.65. The zero-order valence-electron chi connectivity index (χ0n) is 20.8. The normalized spacial score (nSPS) is 41.4. The van der Waals surface area contributed by atoms with Crippen LogP contribution >= 0.6 is 15.6 Å². The SMILES string of the molecule is [B][C@H]1C[C@@H](OP(=O)(O)OC[C@@]2(CO)O[C@@H]([B])C[C@H]2OP(=O)(O)OC[C@@]2(CO)O[C@@H]([B])C[C@H]2O)C(CO)(CO)O1. The van der Waals surface area contributed by atoms with Crippen LogP contribution in [-0.2, 0) is 41.4 Å². The molecule has 7 N–H and O–H groups in total. The number of phosphoric acid groups is 2. The van der Waals surface area contributed by atoms with E-state index in [1.54, 1.807) is 0 Å². The zero-order chi connectivity index (χ0) is 29.3. The molecule has 3 aliphatic rings. The quantitative estimate of drug-likeness (QED) is 0.0752. The van der Waals surface area contributed by atoms with Gasteiger partial charge in [0.25, 0.3) is 0 Å². The highest BCUT2D eigenvalue weighted by Gasteiger charge is 2.55. The van der Waals surface area contributed by atoms with E-state index in [1.165, 1.54) is 0 Å². The van der Waals surface area contributed by atoms with E-state index < -0.39 is 108 Å². The number of hydrogen-bond donors (Lipinski definition) is 7. The highest BCUT2D eigenvalue weighted by Crippen LogP contribution is 2.53. The summed E-state index contributed by atoms with van der Waals surface area (Å²) in [6, 6.07) is -3.16. The fourth-order valence-electron chi connectivity index (χ4n) is 4.57. The van der Waals surface area contributed by atoms with E-state index in [-0.39, 0.29) is 19.3 Å². The Hall–Kier alpha value is 0.0948. The molecular weight excluding hydrogens is 567 g/mol. The molecule has 0 amide bonds. The Labute approximate surface area is 228 Å². The Kier molecular flexibility index (Phi) is 11.0. The summed E-state index contributed by atoms with van der Waals surface area (Å²) >= 11 is 0. The molecule has 3 heterocycles. The van der Waals surface area contributed by atoms with Crippen molar-refractivity contribution in [3.63, 3.8) is 0 Å². The van der Waals surface area contributed by atoms with E-state index in [9.17, 15) is 44.4 Å². The van der Waals surface area contributed by atoms with Crippen molar-refractivity contribution in [3.8, 4) is 0 Å². The van der Waals surface area contributed by atoms with E-state index in [0.717, 1.165) is 0 Å². The summed E-state index contributed by atoms with van der Waals surface area (Å²) in [5.41, 5.74) is -5.65. The largest absolute Gasteiger partial charge is 0.472 e. The Morgan fingerprint density at radius 3 is 1.44 bits per heavy atom. The van der Waals surface area contributed by atoms with Gasteiger partial charge in [0.05, 0.1) is 45.7 Å². The van der Waals surface area contributed by atoms with Crippen molar-refractivity contribution in [2.45, 2.75) is 72.4 Å². The van der Waals surface area contributed by atoms with E-state index in [4.69, 9.17) is 55.8 Å². The first-order valence-corrected chi connectivity index (χ1v) is 14.8. The summed E-state index contributed by atoms with van der Waals surface area (Å²) in [7, 11) is 6.97. The molecule has 3 rings (SSSR count). The summed E-state index contributed by atoms with van der Waals surface area (Å²) in [5, 5.41) is 49.0. The molecule has 3 saturated heterocycles. The third kappa shape index (κ3) is 7.55. The molecule has 3 aliphatic heterocycles. The maximum atomic E-state index is 12.7. The van der Waals surface area contributed by atoms with Crippen molar-refractivity contribution >= 4 is 39.2 Å². The molecule has 0 bridgehead atoms. The minimum atomic E-state index is -5.03. The van der Waals surface area contributed by atoms with Gasteiger partial charge in [0.1, 0.15) is 52.5 Å².